The SMILES string of the molecule is CCNc1cc(NCCc2ccc(Cl)cc2)ccn1. The molecule has 3 nitrogen and oxygen atoms in total. The second-order valence-electron chi connectivity index (χ2n) is 4.26. The topological polar surface area (TPSA) is 37.0 Å². The maximum atomic E-state index is 5.86. The van der Waals surface area contributed by atoms with E-state index >= 15 is 0 Å². The highest BCUT2D eigenvalue weighted by Gasteiger charge is 1.97. The molecule has 0 radical (unpaired) electrons. The van der Waals surface area contributed by atoms with E-state index in [4.69, 9.17) is 11.6 Å². The Balaban J connectivity index is 1.85. The molecule has 2 N–H and O–H groups in total. The third-order valence-corrected chi connectivity index (χ3v) is 3.03. The lowest BCUT2D eigenvalue weighted by Gasteiger charge is -2.08. The van der Waals surface area contributed by atoms with Crippen LogP contribution in [0.5, 0.6) is 0 Å². The highest BCUT2D eigenvalue weighted by atomic mass is 35.5. The van der Waals surface area contributed by atoms with E-state index in [0.29, 0.717) is 0 Å². The van der Waals surface area contributed by atoms with E-state index in [2.05, 4.69) is 34.7 Å². The second kappa shape index (κ2) is 7.00. The van der Waals surface area contributed by atoms with Crippen LogP contribution in [-0.4, -0.2) is 18.1 Å². The lowest BCUT2D eigenvalue weighted by atomic mass is 10.1. The normalized spacial score (nSPS) is 10.2. The summed E-state index contributed by atoms with van der Waals surface area (Å²) in [6.45, 7) is 3.82. The van der Waals surface area contributed by atoms with E-state index in [9.17, 15) is 0 Å². The van der Waals surface area contributed by atoms with Crippen molar-refractivity contribution in [2.24, 2.45) is 0 Å². The van der Waals surface area contributed by atoms with Gasteiger partial charge in [-0.15, -0.1) is 0 Å². The van der Waals surface area contributed by atoms with Gasteiger partial charge in [-0.1, -0.05) is 23.7 Å². The Bertz CT molecular complexity index is 511. The molecule has 19 heavy (non-hydrogen) atoms. The fraction of sp³-hybridized carbons (Fsp3) is 0.267. The third kappa shape index (κ3) is 4.45. The summed E-state index contributed by atoms with van der Waals surface area (Å²) in [5.74, 6) is 0.902. The van der Waals surface area contributed by atoms with E-state index in [0.717, 1.165) is 36.0 Å². The van der Waals surface area contributed by atoms with Crippen LogP contribution in [0, 0.1) is 0 Å². The lowest BCUT2D eigenvalue weighted by Crippen LogP contribution is -2.06. The van der Waals surface area contributed by atoms with E-state index < -0.39 is 0 Å². The van der Waals surface area contributed by atoms with Crippen molar-refractivity contribution in [1.29, 1.82) is 0 Å². The number of benzene rings is 1. The Kier molecular flexibility index (Phi) is 5.04. The predicted molar refractivity (Wildman–Crippen MR) is 82.0 cm³/mol. The first kappa shape index (κ1) is 13.7. The van der Waals surface area contributed by atoms with Gasteiger partial charge in [0, 0.05) is 36.1 Å². The fourth-order valence-electron chi connectivity index (χ4n) is 1.82. The number of aromatic nitrogens is 1. The minimum atomic E-state index is 0.779. The number of hydrogen-bond acceptors (Lipinski definition) is 3. The molecule has 0 bridgehead atoms. The van der Waals surface area contributed by atoms with Crippen molar-refractivity contribution in [2.75, 3.05) is 23.7 Å². The van der Waals surface area contributed by atoms with Gasteiger partial charge in [0.1, 0.15) is 5.82 Å². The van der Waals surface area contributed by atoms with Crippen molar-refractivity contribution in [3.8, 4) is 0 Å². The van der Waals surface area contributed by atoms with Gasteiger partial charge in [-0.3, -0.25) is 0 Å². The van der Waals surface area contributed by atoms with Crippen LogP contribution < -0.4 is 10.6 Å². The maximum absolute atomic E-state index is 5.86. The van der Waals surface area contributed by atoms with Gasteiger partial charge in [-0.2, -0.15) is 0 Å². The van der Waals surface area contributed by atoms with Crippen molar-refractivity contribution in [3.05, 3.63) is 53.2 Å². The molecule has 2 rings (SSSR count). The molecular formula is C15H18ClN3. The minimum Gasteiger partial charge on any atom is -0.385 e. The standard InChI is InChI=1S/C15H18ClN3/c1-2-17-15-11-14(8-10-19-15)18-9-7-12-3-5-13(16)6-4-12/h3-6,8,10-11H,2,7,9H2,1H3,(H2,17,18,19). The molecule has 4 heteroatoms. The molecule has 100 valence electrons. The molecule has 2 aromatic rings. The Morgan fingerprint density at radius 3 is 2.63 bits per heavy atom. The molecule has 0 aliphatic heterocycles. The smallest absolute Gasteiger partial charge is 0.127 e. The van der Waals surface area contributed by atoms with Crippen molar-refractivity contribution in [2.45, 2.75) is 13.3 Å². The zero-order chi connectivity index (χ0) is 13.5. The van der Waals surface area contributed by atoms with Crippen molar-refractivity contribution in [1.82, 2.24) is 4.98 Å². The monoisotopic (exact) mass is 275 g/mol. The molecule has 1 heterocycles. The first-order valence-electron chi connectivity index (χ1n) is 6.46. The molecule has 0 fully saturated rings. The van der Waals surface area contributed by atoms with Gasteiger partial charge in [0.25, 0.3) is 0 Å². The third-order valence-electron chi connectivity index (χ3n) is 2.77. The van der Waals surface area contributed by atoms with Crippen LogP contribution in [0.3, 0.4) is 0 Å². The van der Waals surface area contributed by atoms with Gasteiger partial charge in [0.2, 0.25) is 0 Å². The zero-order valence-electron chi connectivity index (χ0n) is 11.0. The summed E-state index contributed by atoms with van der Waals surface area (Å²) in [7, 11) is 0. The van der Waals surface area contributed by atoms with Crippen molar-refractivity contribution in [3.63, 3.8) is 0 Å². The predicted octanol–water partition coefficient (Wildman–Crippen LogP) is 3.82. The number of hydrogen-bond donors (Lipinski definition) is 2. The Morgan fingerprint density at radius 2 is 1.89 bits per heavy atom. The molecule has 0 saturated heterocycles. The number of nitrogens with zero attached hydrogens (tertiary/aromatic N) is 1. The van der Waals surface area contributed by atoms with Crippen LogP contribution in [0.1, 0.15) is 12.5 Å². The van der Waals surface area contributed by atoms with Crippen molar-refractivity contribution >= 4 is 23.1 Å². The molecule has 0 atom stereocenters. The molecule has 0 spiro atoms. The fourth-order valence-corrected chi connectivity index (χ4v) is 1.95. The van der Waals surface area contributed by atoms with E-state index in [1.54, 1.807) is 0 Å². The van der Waals surface area contributed by atoms with Gasteiger partial charge in [0.15, 0.2) is 0 Å². The highest BCUT2D eigenvalue weighted by Crippen LogP contribution is 2.13. The zero-order valence-corrected chi connectivity index (χ0v) is 11.7. The first-order chi connectivity index (χ1) is 9.28. The van der Waals surface area contributed by atoms with E-state index in [-0.39, 0.29) is 0 Å². The minimum absolute atomic E-state index is 0.779. The number of anilines is 2. The van der Waals surface area contributed by atoms with E-state index in [1.165, 1.54) is 5.56 Å². The molecule has 0 saturated carbocycles. The summed E-state index contributed by atoms with van der Waals surface area (Å²) in [6.07, 6.45) is 2.78. The quantitative estimate of drug-likeness (QED) is 0.841. The van der Waals surface area contributed by atoms with Gasteiger partial charge in [0.05, 0.1) is 0 Å². The van der Waals surface area contributed by atoms with E-state index in [1.807, 2.05) is 30.5 Å². The summed E-state index contributed by atoms with van der Waals surface area (Å²) in [5.41, 5.74) is 2.36. The molecule has 1 aromatic heterocycles. The Labute approximate surface area is 119 Å². The number of halogens is 1. The van der Waals surface area contributed by atoms with Gasteiger partial charge >= 0.3 is 0 Å². The summed E-state index contributed by atoms with van der Waals surface area (Å²) >= 11 is 5.86. The highest BCUT2D eigenvalue weighted by molar-refractivity contribution is 6.30. The molecule has 1 aromatic carbocycles. The van der Waals surface area contributed by atoms with Gasteiger partial charge in [-0.25, -0.2) is 4.98 Å². The summed E-state index contributed by atoms with van der Waals surface area (Å²) in [4.78, 5) is 4.24. The van der Waals surface area contributed by atoms with Crippen LogP contribution in [0.2, 0.25) is 5.02 Å². The number of nitrogens with one attached hydrogen (secondary N) is 2. The van der Waals surface area contributed by atoms with Crippen LogP contribution in [0.4, 0.5) is 11.5 Å². The molecule has 0 amide bonds. The largest absolute Gasteiger partial charge is 0.385 e. The van der Waals surface area contributed by atoms with Gasteiger partial charge < -0.3 is 10.6 Å². The molecule has 0 aliphatic carbocycles. The summed E-state index contributed by atoms with van der Waals surface area (Å²) in [5, 5.41) is 7.37. The van der Waals surface area contributed by atoms with Gasteiger partial charge in [-0.05, 0) is 37.1 Å². The second-order valence-corrected chi connectivity index (χ2v) is 4.70. The van der Waals surface area contributed by atoms with Crippen molar-refractivity contribution < 1.29 is 0 Å². The van der Waals surface area contributed by atoms with Crippen LogP contribution >= 0.6 is 11.6 Å². The molecule has 0 aliphatic rings. The molecular weight excluding hydrogens is 258 g/mol. The lowest BCUT2D eigenvalue weighted by molar-refractivity contribution is 1.02. The first-order valence-corrected chi connectivity index (χ1v) is 6.84. The Hall–Kier alpha value is -1.74. The summed E-state index contributed by atoms with van der Waals surface area (Å²) < 4.78 is 0. The Morgan fingerprint density at radius 1 is 1.11 bits per heavy atom. The number of pyridine rings is 1. The van der Waals surface area contributed by atoms with Crippen LogP contribution in [0.15, 0.2) is 42.6 Å². The summed E-state index contributed by atoms with van der Waals surface area (Å²) in [6, 6.07) is 12.0. The van der Waals surface area contributed by atoms with Crippen LogP contribution in [-0.2, 0) is 6.42 Å². The number of rotatable bonds is 6. The van der Waals surface area contributed by atoms with Crippen LogP contribution in [0.25, 0.3) is 0 Å². The average molecular weight is 276 g/mol. The maximum Gasteiger partial charge on any atom is 0.127 e. The molecule has 0 unspecified atom stereocenters. The average Bonchev–Trinajstić information content (AvgIpc) is 2.42.